The number of hydrazine groups is 1. The van der Waals surface area contributed by atoms with Crippen LogP contribution in [0.15, 0.2) is 46.0 Å². The second kappa shape index (κ2) is 6.29. The number of nitrogen functional groups attached to an aromatic ring is 1. The van der Waals surface area contributed by atoms with Crippen LogP contribution in [0.1, 0.15) is 0 Å². The van der Waals surface area contributed by atoms with Gasteiger partial charge in [0.05, 0.1) is 23.0 Å². The Morgan fingerprint density at radius 1 is 1.33 bits per heavy atom. The molecule has 7 nitrogen and oxygen atoms in total. The third-order valence-corrected chi connectivity index (χ3v) is 4.66. The summed E-state index contributed by atoms with van der Waals surface area (Å²) in [6.45, 7) is 0. The van der Waals surface area contributed by atoms with Crippen molar-refractivity contribution in [2.75, 3.05) is 17.3 Å². The van der Waals surface area contributed by atoms with Gasteiger partial charge in [-0.05, 0) is 40.2 Å². The summed E-state index contributed by atoms with van der Waals surface area (Å²) < 4.78 is 32.9. The van der Waals surface area contributed by atoms with Crippen LogP contribution in [0.4, 0.5) is 11.4 Å². The van der Waals surface area contributed by atoms with Gasteiger partial charge in [0.2, 0.25) is 0 Å². The maximum absolute atomic E-state index is 12.4. The van der Waals surface area contributed by atoms with Crippen molar-refractivity contribution in [1.29, 1.82) is 0 Å². The Morgan fingerprint density at radius 2 is 2.10 bits per heavy atom. The van der Waals surface area contributed by atoms with E-state index in [-0.39, 0.29) is 10.6 Å². The molecule has 0 aliphatic heterocycles. The smallest absolute Gasteiger partial charge is 0.265 e. The van der Waals surface area contributed by atoms with Gasteiger partial charge in [-0.25, -0.2) is 8.42 Å². The minimum atomic E-state index is -3.81. The molecule has 112 valence electrons. The van der Waals surface area contributed by atoms with Gasteiger partial charge in [-0.1, -0.05) is 0 Å². The lowest BCUT2D eigenvalue weighted by molar-refractivity contribution is 0.412. The average molecular weight is 373 g/mol. The second-order valence-electron chi connectivity index (χ2n) is 3.97. The lowest BCUT2D eigenvalue weighted by Gasteiger charge is -2.12. The highest BCUT2D eigenvalue weighted by Gasteiger charge is 2.19. The molecule has 2 rings (SSSR count). The zero-order valence-electron chi connectivity index (χ0n) is 11.0. The van der Waals surface area contributed by atoms with Crippen LogP contribution >= 0.6 is 15.9 Å². The van der Waals surface area contributed by atoms with Gasteiger partial charge in [0.25, 0.3) is 10.0 Å². The number of hydrogen-bond acceptors (Lipinski definition) is 6. The maximum Gasteiger partial charge on any atom is 0.265 e. The average Bonchev–Trinajstić information content (AvgIpc) is 2.47. The number of methoxy groups -OCH3 is 1. The molecule has 0 aliphatic carbocycles. The first-order valence-corrected chi connectivity index (χ1v) is 8.02. The summed E-state index contributed by atoms with van der Waals surface area (Å²) in [5.41, 5.74) is 2.97. The van der Waals surface area contributed by atoms with Gasteiger partial charge in [-0.3, -0.25) is 15.5 Å². The Labute approximate surface area is 130 Å². The van der Waals surface area contributed by atoms with E-state index in [0.717, 1.165) is 0 Å². The number of pyridine rings is 1. The molecule has 0 bridgehead atoms. The minimum absolute atomic E-state index is 0.0422. The van der Waals surface area contributed by atoms with Crippen molar-refractivity contribution in [2.24, 2.45) is 5.84 Å². The molecule has 1 aromatic heterocycles. The normalized spacial score (nSPS) is 11.0. The predicted octanol–water partition coefficient (Wildman–Crippen LogP) is 1.94. The van der Waals surface area contributed by atoms with Gasteiger partial charge < -0.3 is 10.2 Å². The van der Waals surface area contributed by atoms with E-state index in [1.54, 1.807) is 18.2 Å². The predicted molar refractivity (Wildman–Crippen MR) is 83.5 cm³/mol. The zero-order chi connectivity index (χ0) is 15.5. The van der Waals surface area contributed by atoms with E-state index in [1.165, 1.54) is 25.6 Å². The number of aromatic nitrogens is 1. The van der Waals surface area contributed by atoms with E-state index in [4.69, 9.17) is 10.6 Å². The van der Waals surface area contributed by atoms with E-state index in [9.17, 15) is 8.42 Å². The van der Waals surface area contributed by atoms with Crippen molar-refractivity contribution in [1.82, 2.24) is 4.98 Å². The highest BCUT2D eigenvalue weighted by atomic mass is 79.9. The molecular formula is C12H13BrN4O3S. The number of ether oxygens (including phenoxy) is 1. The number of halogens is 1. The quantitative estimate of drug-likeness (QED) is 0.546. The van der Waals surface area contributed by atoms with E-state index in [2.05, 4.69) is 31.1 Å². The molecule has 21 heavy (non-hydrogen) atoms. The summed E-state index contributed by atoms with van der Waals surface area (Å²) in [6, 6.07) is 6.31. The van der Waals surface area contributed by atoms with Crippen molar-refractivity contribution in [2.45, 2.75) is 4.90 Å². The fourth-order valence-electron chi connectivity index (χ4n) is 1.65. The van der Waals surface area contributed by atoms with E-state index >= 15 is 0 Å². The van der Waals surface area contributed by atoms with Crippen molar-refractivity contribution in [3.05, 3.63) is 41.1 Å². The number of anilines is 2. The largest absolute Gasteiger partial charge is 0.496 e. The van der Waals surface area contributed by atoms with E-state index in [0.29, 0.717) is 15.9 Å². The van der Waals surface area contributed by atoms with Crippen LogP contribution in [0, 0.1) is 0 Å². The Morgan fingerprint density at radius 3 is 2.71 bits per heavy atom. The number of sulfonamides is 1. The van der Waals surface area contributed by atoms with Crippen LogP contribution in [0.3, 0.4) is 0 Å². The first-order valence-electron chi connectivity index (χ1n) is 5.75. The van der Waals surface area contributed by atoms with Crippen LogP contribution in [0.25, 0.3) is 0 Å². The molecule has 9 heteroatoms. The van der Waals surface area contributed by atoms with Crippen LogP contribution < -0.4 is 20.7 Å². The van der Waals surface area contributed by atoms with E-state index < -0.39 is 10.0 Å². The maximum atomic E-state index is 12.4. The summed E-state index contributed by atoms with van der Waals surface area (Å²) in [7, 11) is -2.28. The number of rotatable bonds is 5. The molecule has 0 atom stereocenters. The lowest BCUT2D eigenvalue weighted by atomic mass is 10.3. The van der Waals surface area contributed by atoms with Crippen LogP contribution in [0.5, 0.6) is 5.75 Å². The van der Waals surface area contributed by atoms with Gasteiger partial charge in [0, 0.05) is 12.4 Å². The molecular weight excluding hydrogens is 360 g/mol. The molecule has 0 amide bonds. The molecule has 2 aromatic rings. The van der Waals surface area contributed by atoms with Crippen LogP contribution in [-0.2, 0) is 10.0 Å². The summed E-state index contributed by atoms with van der Waals surface area (Å²) in [6.07, 6.45) is 2.66. The Bertz CT molecular complexity index is 752. The molecule has 0 saturated carbocycles. The SMILES string of the molecule is COc1ccc(NS(=O)(=O)c2cnccc2NN)cc1Br. The topological polar surface area (TPSA) is 106 Å². The first kappa shape index (κ1) is 15.5. The van der Waals surface area contributed by atoms with Gasteiger partial charge in [-0.2, -0.15) is 0 Å². The van der Waals surface area contributed by atoms with Crippen LogP contribution in [-0.4, -0.2) is 20.5 Å². The third-order valence-electron chi connectivity index (χ3n) is 2.63. The number of nitrogens with one attached hydrogen (secondary N) is 2. The molecule has 0 unspecified atom stereocenters. The lowest BCUT2D eigenvalue weighted by Crippen LogP contribution is -2.17. The van der Waals surface area contributed by atoms with Gasteiger partial charge in [0.15, 0.2) is 0 Å². The van der Waals surface area contributed by atoms with Crippen molar-refractivity contribution in [3.63, 3.8) is 0 Å². The standard InChI is InChI=1S/C12H13BrN4O3S/c1-20-11-3-2-8(6-9(11)13)17-21(18,19)12-7-15-5-4-10(12)16-14/h2-7,17H,14H2,1H3,(H,15,16). The van der Waals surface area contributed by atoms with Crippen molar-refractivity contribution in [3.8, 4) is 5.75 Å². The Balaban J connectivity index is 2.35. The fourth-order valence-corrected chi connectivity index (χ4v) is 3.36. The third kappa shape index (κ3) is 3.43. The van der Waals surface area contributed by atoms with Crippen LogP contribution in [0.2, 0.25) is 0 Å². The highest BCUT2D eigenvalue weighted by molar-refractivity contribution is 9.10. The highest BCUT2D eigenvalue weighted by Crippen LogP contribution is 2.29. The molecule has 4 N–H and O–H groups in total. The van der Waals surface area contributed by atoms with Crippen molar-refractivity contribution < 1.29 is 13.2 Å². The molecule has 0 aliphatic rings. The Kier molecular flexibility index (Phi) is 4.66. The summed E-state index contributed by atoms with van der Waals surface area (Å²) >= 11 is 3.29. The van der Waals surface area contributed by atoms with Gasteiger partial charge in [0.1, 0.15) is 10.6 Å². The number of hydrogen-bond donors (Lipinski definition) is 3. The van der Waals surface area contributed by atoms with E-state index in [1.807, 2.05) is 0 Å². The number of benzene rings is 1. The molecule has 0 saturated heterocycles. The molecule has 1 aromatic carbocycles. The Hall–Kier alpha value is -1.84. The monoisotopic (exact) mass is 372 g/mol. The zero-order valence-corrected chi connectivity index (χ0v) is 13.4. The molecule has 0 fully saturated rings. The second-order valence-corrected chi connectivity index (χ2v) is 6.48. The van der Waals surface area contributed by atoms with Crippen molar-refractivity contribution >= 4 is 37.3 Å². The minimum Gasteiger partial charge on any atom is -0.496 e. The number of nitrogens with two attached hydrogens (primary N) is 1. The summed E-state index contributed by atoms with van der Waals surface area (Å²) in [4.78, 5) is 3.76. The summed E-state index contributed by atoms with van der Waals surface area (Å²) in [5, 5.41) is 0. The molecule has 0 radical (unpaired) electrons. The molecule has 1 heterocycles. The molecule has 0 spiro atoms. The fraction of sp³-hybridized carbons (Fsp3) is 0.0833. The van der Waals surface area contributed by atoms with Gasteiger partial charge >= 0.3 is 0 Å². The first-order chi connectivity index (χ1) is 9.97. The van der Waals surface area contributed by atoms with Gasteiger partial charge in [-0.15, -0.1) is 0 Å². The summed E-state index contributed by atoms with van der Waals surface area (Å²) in [5.74, 6) is 5.91. The number of nitrogens with zero attached hydrogens (tertiary/aromatic N) is 1.